The van der Waals surface area contributed by atoms with E-state index >= 15 is 0 Å². The molecular weight excluding hydrogens is 279 g/mol. The first kappa shape index (κ1) is 15.8. The maximum Gasteiger partial charge on any atom is 0.129 e. The SMILES string of the molecule is Cc1ccnc(NC(C)Pc2cc(C)c(O)c(C)c2)c1C. The fraction of sp³-hybridized carbons (Fsp3) is 0.353. The summed E-state index contributed by atoms with van der Waals surface area (Å²) in [5, 5.41) is 14.6. The number of aromatic nitrogens is 1. The van der Waals surface area contributed by atoms with Crippen molar-refractivity contribution in [2.45, 2.75) is 40.4 Å². The second-order valence-corrected chi connectivity index (χ2v) is 7.30. The van der Waals surface area contributed by atoms with E-state index in [1.54, 1.807) is 0 Å². The number of aryl methyl sites for hydroxylation is 3. The van der Waals surface area contributed by atoms with Crippen molar-refractivity contribution in [3.8, 4) is 5.75 Å². The lowest BCUT2D eigenvalue weighted by molar-refractivity contribution is 0.467. The Balaban J connectivity index is 2.12. The monoisotopic (exact) mass is 302 g/mol. The van der Waals surface area contributed by atoms with Gasteiger partial charge >= 0.3 is 0 Å². The Morgan fingerprint density at radius 1 is 1.10 bits per heavy atom. The molecule has 0 amide bonds. The predicted octanol–water partition coefficient (Wildman–Crippen LogP) is 3.78. The summed E-state index contributed by atoms with van der Waals surface area (Å²) in [6, 6.07) is 6.16. The predicted molar refractivity (Wildman–Crippen MR) is 92.3 cm³/mol. The minimum absolute atomic E-state index is 0.307. The third kappa shape index (κ3) is 3.74. The molecule has 0 saturated carbocycles. The van der Waals surface area contributed by atoms with Crippen molar-refractivity contribution in [2.24, 2.45) is 0 Å². The standard InChI is InChI=1S/C17H23N2OP/c1-10-6-7-18-17(13(10)4)19-14(5)21-15-8-11(2)16(20)12(3)9-15/h6-9,14,20-21H,1-5H3,(H,18,19). The van der Waals surface area contributed by atoms with E-state index in [2.05, 4.69) is 43.2 Å². The lowest BCUT2D eigenvalue weighted by Crippen LogP contribution is -2.15. The zero-order valence-electron chi connectivity index (χ0n) is 13.3. The fourth-order valence-electron chi connectivity index (χ4n) is 2.31. The molecule has 2 N–H and O–H groups in total. The first-order chi connectivity index (χ1) is 9.88. The Morgan fingerprint density at radius 2 is 1.71 bits per heavy atom. The molecule has 2 unspecified atom stereocenters. The summed E-state index contributed by atoms with van der Waals surface area (Å²) in [4.78, 5) is 4.42. The smallest absolute Gasteiger partial charge is 0.129 e. The Morgan fingerprint density at radius 3 is 2.33 bits per heavy atom. The highest BCUT2D eigenvalue weighted by Gasteiger charge is 2.10. The van der Waals surface area contributed by atoms with Gasteiger partial charge < -0.3 is 10.4 Å². The van der Waals surface area contributed by atoms with Crippen LogP contribution < -0.4 is 10.6 Å². The Hall–Kier alpha value is -1.60. The number of hydrogen-bond acceptors (Lipinski definition) is 3. The van der Waals surface area contributed by atoms with Crippen LogP contribution in [0.1, 0.15) is 29.2 Å². The highest BCUT2D eigenvalue weighted by Crippen LogP contribution is 2.27. The van der Waals surface area contributed by atoms with E-state index in [0.717, 1.165) is 16.9 Å². The van der Waals surface area contributed by atoms with Crippen LogP contribution in [-0.2, 0) is 0 Å². The van der Waals surface area contributed by atoms with Crippen molar-refractivity contribution in [1.29, 1.82) is 0 Å². The summed E-state index contributed by atoms with van der Waals surface area (Å²) in [6.45, 7) is 10.2. The molecule has 0 aliphatic rings. The normalized spacial score (nSPS) is 12.8. The molecule has 0 aliphatic heterocycles. The average Bonchev–Trinajstić information content (AvgIpc) is 2.41. The molecule has 0 fully saturated rings. The van der Waals surface area contributed by atoms with Gasteiger partial charge in [-0.1, -0.05) is 8.58 Å². The van der Waals surface area contributed by atoms with Gasteiger partial charge in [-0.2, -0.15) is 0 Å². The molecule has 0 aliphatic carbocycles. The van der Waals surface area contributed by atoms with Crippen LogP contribution >= 0.6 is 8.58 Å². The number of phenols is 1. The van der Waals surface area contributed by atoms with Gasteiger partial charge in [-0.05, 0) is 80.4 Å². The zero-order valence-corrected chi connectivity index (χ0v) is 14.3. The number of aromatic hydroxyl groups is 1. The van der Waals surface area contributed by atoms with Crippen LogP contribution in [0.2, 0.25) is 0 Å². The molecule has 0 bridgehead atoms. The molecule has 21 heavy (non-hydrogen) atoms. The molecule has 0 spiro atoms. The van der Waals surface area contributed by atoms with Crippen molar-refractivity contribution in [3.05, 3.63) is 46.6 Å². The molecule has 2 atom stereocenters. The summed E-state index contributed by atoms with van der Waals surface area (Å²) in [5.74, 6) is 1.67. The van der Waals surface area contributed by atoms with Crippen molar-refractivity contribution < 1.29 is 5.11 Å². The van der Waals surface area contributed by atoms with Gasteiger partial charge in [-0.15, -0.1) is 0 Å². The summed E-state index contributed by atoms with van der Waals surface area (Å²) < 4.78 is 0. The van der Waals surface area contributed by atoms with Crippen LogP contribution in [0.15, 0.2) is 24.4 Å². The molecular formula is C17H23N2OP. The van der Waals surface area contributed by atoms with Gasteiger partial charge in [0.05, 0.1) is 0 Å². The number of hydrogen-bond donors (Lipinski definition) is 2. The number of benzene rings is 1. The molecule has 0 radical (unpaired) electrons. The third-order valence-corrected chi connectivity index (χ3v) is 4.90. The largest absolute Gasteiger partial charge is 0.507 e. The summed E-state index contributed by atoms with van der Waals surface area (Å²) in [5.41, 5.74) is 4.33. The first-order valence-electron chi connectivity index (χ1n) is 7.14. The molecule has 2 aromatic rings. The molecule has 1 aromatic carbocycles. The number of nitrogens with zero attached hydrogens (tertiary/aromatic N) is 1. The van der Waals surface area contributed by atoms with Crippen LogP contribution in [0.5, 0.6) is 5.75 Å². The zero-order chi connectivity index (χ0) is 15.6. The highest BCUT2D eigenvalue weighted by atomic mass is 31.1. The second-order valence-electron chi connectivity index (χ2n) is 5.57. The summed E-state index contributed by atoms with van der Waals surface area (Å²) in [6.07, 6.45) is 1.84. The van der Waals surface area contributed by atoms with E-state index in [1.807, 2.05) is 26.1 Å². The molecule has 1 heterocycles. The Bertz CT molecular complexity index is 632. The molecule has 3 nitrogen and oxygen atoms in total. The quantitative estimate of drug-likeness (QED) is 0.845. The molecule has 2 rings (SSSR count). The average molecular weight is 302 g/mol. The van der Waals surface area contributed by atoms with Crippen molar-refractivity contribution >= 4 is 19.7 Å². The van der Waals surface area contributed by atoms with Crippen molar-refractivity contribution in [2.75, 3.05) is 5.32 Å². The van der Waals surface area contributed by atoms with Gasteiger partial charge in [0.1, 0.15) is 11.6 Å². The van der Waals surface area contributed by atoms with Gasteiger partial charge in [0, 0.05) is 12.0 Å². The number of pyridine rings is 1. The van der Waals surface area contributed by atoms with Gasteiger partial charge in [0.25, 0.3) is 0 Å². The maximum absolute atomic E-state index is 9.84. The number of rotatable bonds is 4. The van der Waals surface area contributed by atoms with E-state index in [-0.39, 0.29) is 0 Å². The molecule has 1 aromatic heterocycles. The summed E-state index contributed by atoms with van der Waals surface area (Å²) in [7, 11) is 0.624. The second kappa shape index (κ2) is 6.44. The van der Waals surface area contributed by atoms with Gasteiger partial charge in [0.2, 0.25) is 0 Å². The van der Waals surface area contributed by atoms with Gasteiger partial charge in [-0.3, -0.25) is 0 Å². The van der Waals surface area contributed by atoms with Crippen LogP contribution in [0.25, 0.3) is 0 Å². The van der Waals surface area contributed by atoms with Gasteiger partial charge in [-0.25, -0.2) is 4.98 Å². The van der Waals surface area contributed by atoms with Crippen LogP contribution in [-0.4, -0.2) is 15.9 Å². The van der Waals surface area contributed by atoms with E-state index in [1.165, 1.54) is 16.4 Å². The minimum Gasteiger partial charge on any atom is -0.507 e. The highest BCUT2D eigenvalue weighted by molar-refractivity contribution is 7.48. The minimum atomic E-state index is 0.307. The Labute approximate surface area is 128 Å². The van der Waals surface area contributed by atoms with E-state index in [0.29, 0.717) is 20.1 Å². The van der Waals surface area contributed by atoms with Crippen LogP contribution in [0.3, 0.4) is 0 Å². The fourth-order valence-corrected chi connectivity index (χ4v) is 3.62. The topological polar surface area (TPSA) is 45.2 Å². The van der Waals surface area contributed by atoms with Crippen LogP contribution in [0.4, 0.5) is 5.82 Å². The molecule has 112 valence electrons. The first-order valence-corrected chi connectivity index (χ1v) is 8.21. The number of phenolic OH excluding ortho intramolecular Hbond substituents is 1. The Kier molecular flexibility index (Phi) is 4.84. The number of nitrogens with one attached hydrogen (secondary N) is 1. The van der Waals surface area contributed by atoms with Crippen LogP contribution in [0, 0.1) is 27.7 Å². The lowest BCUT2D eigenvalue weighted by atomic mass is 10.1. The summed E-state index contributed by atoms with van der Waals surface area (Å²) >= 11 is 0. The van der Waals surface area contributed by atoms with E-state index in [9.17, 15) is 5.11 Å². The lowest BCUT2D eigenvalue weighted by Gasteiger charge is -2.18. The maximum atomic E-state index is 9.84. The number of anilines is 1. The van der Waals surface area contributed by atoms with Crippen molar-refractivity contribution in [1.82, 2.24) is 4.98 Å². The van der Waals surface area contributed by atoms with E-state index < -0.39 is 0 Å². The van der Waals surface area contributed by atoms with Gasteiger partial charge in [0.15, 0.2) is 0 Å². The molecule has 4 heteroatoms. The molecule has 0 saturated heterocycles. The van der Waals surface area contributed by atoms with Crippen molar-refractivity contribution in [3.63, 3.8) is 0 Å². The van der Waals surface area contributed by atoms with E-state index in [4.69, 9.17) is 0 Å². The third-order valence-electron chi connectivity index (χ3n) is 3.70.